The average molecular weight is 354 g/mol. The molecule has 0 bridgehead atoms. The highest BCUT2D eigenvalue weighted by Crippen LogP contribution is 2.33. The van der Waals surface area contributed by atoms with Crippen molar-refractivity contribution >= 4 is 29.1 Å². The second-order valence-electron chi connectivity index (χ2n) is 6.37. The van der Waals surface area contributed by atoms with Gasteiger partial charge in [-0.05, 0) is 42.5 Å². The lowest BCUT2D eigenvalue weighted by molar-refractivity contribution is -0.133. The number of amides is 3. The maximum Gasteiger partial charge on any atom is 0.261 e. The Morgan fingerprint density at radius 3 is 2.52 bits per heavy atom. The predicted molar refractivity (Wildman–Crippen MR) is 94.6 cm³/mol. The molecule has 2 aliphatic heterocycles. The maximum absolute atomic E-state index is 12.7. The van der Waals surface area contributed by atoms with Gasteiger partial charge in [-0.3, -0.25) is 19.3 Å². The number of rotatable bonds is 3. The van der Waals surface area contributed by atoms with Gasteiger partial charge in [-0.1, -0.05) is 12.1 Å². The van der Waals surface area contributed by atoms with Gasteiger partial charge in [-0.25, -0.2) is 0 Å². The number of carbonyl (C=O) groups is 3. The molecule has 25 heavy (non-hydrogen) atoms. The summed E-state index contributed by atoms with van der Waals surface area (Å²) in [5.41, 5.74) is 2.06. The summed E-state index contributed by atoms with van der Waals surface area (Å²) < 4.78 is 0. The maximum atomic E-state index is 12.7. The van der Waals surface area contributed by atoms with Gasteiger partial charge in [0.2, 0.25) is 5.91 Å². The van der Waals surface area contributed by atoms with Gasteiger partial charge >= 0.3 is 0 Å². The Bertz CT molecular complexity index is 838. The molecular formula is C19H18N2O3S. The van der Waals surface area contributed by atoms with Gasteiger partial charge < -0.3 is 4.90 Å². The van der Waals surface area contributed by atoms with Crippen LogP contribution in [0.5, 0.6) is 0 Å². The standard InChI is InChI=1S/C19H18N2O3S/c1-12-13-8-11-25-16(13)6-9-20(12)17(22)7-10-21-18(23)14-4-2-3-5-15(14)19(21)24/h2-5,8,11-12H,6-7,9-10H2,1H3/t12-/m0/s1. The minimum atomic E-state index is -0.305. The number of carbonyl (C=O) groups excluding carboxylic acids is 3. The highest BCUT2D eigenvalue weighted by atomic mass is 32.1. The molecule has 0 radical (unpaired) electrons. The molecule has 0 aliphatic carbocycles. The lowest BCUT2D eigenvalue weighted by Crippen LogP contribution is -2.40. The average Bonchev–Trinajstić information content (AvgIpc) is 3.19. The molecule has 3 amide bonds. The molecule has 1 aromatic heterocycles. The Hall–Kier alpha value is -2.47. The Balaban J connectivity index is 1.44. The third-order valence-electron chi connectivity index (χ3n) is 5.03. The van der Waals surface area contributed by atoms with E-state index in [2.05, 4.69) is 11.4 Å². The first-order chi connectivity index (χ1) is 12.1. The lowest BCUT2D eigenvalue weighted by atomic mass is 10.0. The van der Waals surface area contributed by atoms with E-state index < -0.39 is 0 Å². The van der Waals surface area contributed by atoms with Gasteiger partial charge in [0.1, 0.15) is 0 Å². The summed E-state index contributed by atoms with van der Waals surface area (Å²) in [6.45, 7) is 2.85. The van der Waals surface area contributed by atoms with Crippen LogP contribution in [0.4, 0.5) is 0 Å². The van der Waals surface area contributed by atoms with Crippen molar-refractivity contribution in [3.05, 3.63) is 57.3 Å². The van der Waals surface area contributed by atoms with Gasteiger partial charge in [0.25, 0.3) is 11.8 Å². The van der Waals surface area contributed by atoms with Crippen LogP contribution >= 0.6 is 11.3 Å². The molecule has 0 fully saturated rings. The Labute approximate surface area is 149 Å². The quantitative estimate of drug-likeness (QED) is 0.797. The van der Waals surface area contributed by atoms with Crippen molar-refractivity contribution in [1.29, 1.82) is 0 Å². The van der Waals surface area contributed by atoms with Gasteiger partial charge in [0, 0.05) is 24.4 Å². The molecule has 6 heteroatoms. The number of fused-ring (bicyclic) bond motifs is 2. The third-order valence-corrected chi connectivity index (χ3v) is 6.02. The first-order valence-corrected chi connectivity index (χ1v) is 9.27. The topological polar surface area (TPSA) is 57.7 Å². The largest absolute Gasteiger partial charge is 0.335 e. The molecule has 0 saturated carbocycles. The summed E-state index contributed by atoms with van der Waals surface area (Å²) in [4.78, 5) is 41.8. The molecule has 1 atom stereocenters. The summed E-state index contributed by atoms with van der Waals surface area (Å²) in [7, 11) is 0. The van der Waals surface area contributed by atoms with E-state index in [1.54, 1.807) is 35.6 Å². The van der Waals surface area contributed by atoms with Crippen molar-refractivity contribution in [3.63, 3.8) is 0 Å². The summed E-state index contributed by atoms with van der Waals surface area (Å²) >= 11 is 1.73. The summed E-state index contributed by atoms with van der Waals surface area (Å²) in [5.74, 6) is -0.624. The number of hydrogen-bond acceptors (Lipinski definition) is 4. The van der Waals surface area contributed by atoms with Crippen LogP contribution in [-0.4, -0.2) is 40.6 Å². The van der Waals surface area contributed by atoms with E-state index in [1.165, 1.54) is 15.3 Å². The highest BCUT2D eigenvalue weighted by Gasteiger charge is 2.36. The fraction of sp³-hybridized carbons (Fsp3) is 0.316. The van der Waals surface area contributed by atoms with E-state index in [1.807, 2.05) is 11.8 Å². The Morgan fingerprint density at radius 1 is 1.16 bits per heavy atom. The zero-order valence-electron chi connectivity index (χ0n) is 13.9. The van der Waals surface area contributed by atoms with E-state index in [-0.39, 0.29) is 36.7 Å². The predicted octanol–water partition coefficient (Wildman–Crippen LogP) is 2.88. The fourth-order valence-corrected chi connectivity index (χ4v) is 4.61. The first-order valence-electron chi connectivity index (χ1n) is 8.39. The molecule has 2 aliphatic rings. The van der Waals surface area contributed by atoms with Crippen molar-refractivity contribution in [2.45, 2.75) is 25.8 Å². The van der Waals surface area contributed by atoms with Crippen molar-refractivity contribution < 1.29 is 14.4 Å². The van der Waals surface area contributed by atoms with Crippen LogP contribution in [0.2, 0.25) is 0 Å². The Morgan fingerprint density at radius 2 is 1.84 bits per heavy atom. The molecule has 0 N–H and O–H groups in total. The van der Waals surface area contributed by atoms with Crippen LogP contribution in [-0.2, 0) is 11.2 Å². The van der Waals surface area contributed by atoms with E-state index >= 15 is 0 Å². The second-order valence-corrected chi connectivity index (χ2v) is 7.37. The molecule has 128 valence electrons. The molecule has 2 aromatic rings. The summed E-state index contributed by atoms with van der Waals surface area (Å²) in [6, 6.07) is 8.92. The minimum absolute atomic E-state index is 0.0130. The van der Waals surface area contributed by atoms with E-state index in [4.69, 9.17) is 0 Å². The number of imide groups is 1. The third kappa shape index (κ3) is 2.57. The molecule has 3 heterocycles. The van der Waals surface area contributed by atoms with Crippen LogP contribution < -0.4 is 0 Å². The number of thiophene rings is 1. The smallest absolute Gasteiger partial charge is 0.261 e. The van der Waals surface area contributed by atoms with Crippen molar-refractivity contribution in [1.82, 2.24) is 9.80 Å². The molecule has 5 nitrogen and oxygen atoms in total. The van der Waals surface area contributed by atoms with Crippen LogP contribution in [0.15, 0.2) is 35.7 Å². The summed E-state index contributed by atoms with van der Waals surface area (Å²) in [5, 5.41) is 2.06. The fourth-order valence-electron chi connectivity index (χ4n) is 3.64. The van der Waals surface area contributed by atoms with Gasteiger partial charge in [0.05, 0.1) is 17.2 Å². The van der Waals surface area contributed by atoms with Crippen LogP contribution in [0.25, 0.3) is 0 Å². The number of benzene rings is 1. The molecule has 1 aromatic carbocycles. The van der Waals surface area contributed by atoms with Crippen molar-refractivity contribution in [2.24, 2.45) is 0 Å². The first kappa shape index (κ1) is 16.0. The second kappa shape index (κ2) is 6.11. The van der Waals surface area contributed by atoms with E-state index in [0.717, 1.165) is 6.42 Å². The van der Waals surface area contributed by atoms with Crippen molar-refractivity contribution in [3.8, 4) is 0 Å². The zero-order valence-corrected chi connectivity index (χ0v) is 14.7. The highest BCUT2D eigenvalue weighted by molar-refractivity contribution is 7.10. The van der Waals surface area contributed by atoms with Gasteiger partial charge in [-0.15, -0.1) is 11.3 Å². The monoisotopic (exact) mass is 354 g/mol. The van der Waals surface area contributed by atoms with Gasteiger partial charge in [0.15, 0.2) is 0 Å². The molecule has 4 rings (SSSR count). The molecule has 0 saturated heterocycles. The molecular weight excluding hydrogens is 336 g/mol. The van der Waals surface area contributed by atoms with Crippen molar-refractivity contribution in [2.75, 3.05) is 13.1 Å². The van der Waals surface area contributed by atoms with Crippen LogP contribution in [0.3, 0.4) is 0 Å². The van der Waals surface area contributed by atoms with Crippen LogP contribution in [0, 0.1) is 0 Å². The van der Waals surface area contributed by atoms with E-state index in [9.17, 15) is 14.4 Å². The minimum Gasteiger partial charge on any atom is -0.335 e. The lowest BCUT2D eigenvalue weighted by Gasteiger charge is -2.34. The number of hydrogen-bond donors (Lipinski definition) is 0. The summed E-state index contributed by atoms with van der Waals surface area (Å²) in [6.07, 6.45) is 1.03. The Kier molecular flexibility index (Phi) is 3.92. The van der Waals surface area contributed by atoms with E-state index in [0.29, 0.717) is 17.7 Å². The van der Waals surface area contributed by atoms with Crippen LogP contribution in [0.1, 0.15) is 50.5 Å². The SMILES string of the molecule is C[C@H]1c2ccsc2CCN1C(=O)CCN1C(=O)c2ccccc2C1=O. The van der Waals surface area contributed by atoms with Gasteiger partial charge in [-0.2, -0.15) is 0 Å². The molecule has 0 unspecified atom stereocenters. The zero-order chi connectivity index (χ0) is 17.6. The number of nitrogens with zero attached hydrogens (tertiary/aromatic N) is 2. The molecule has 0 spiro atoms. The normalized spacial score (nSPS) is 19.2.